The first-order valence-electron chi connectivity index (χ1n) is 3.33. The van der Waals surface area contributed by atoms with Gasteiger partial charge in [-0.3, -0.25) is 0 Å². The van der Waals surface area contributed by atoms with Crippen LogP contribution in [0.15, 0.2) is 24.3 Å². The van der Waals surface area contributed by atoms with E-state index >= 15 is 0 Å². The molecule has 1 atom stereocenters. The van der Waals surface area contributed by atoms with Crippen molar-refractivity contribution in [3.05, 3.63) is 30.3 Å². The Morgan fingerprint density at radius 1 is 1.75 bits per heavy atom. The summed E-state index contributed by atoms with van der Waals surface area (Å²) in [4.78, 5) is 0. The summed E-state index contributed by atoms with van der Waals surface area (Å²) in [5, 5.41) is 0. The van der Waals surface area contributed by atoms with Crippen LogP contribution < -0.4 is 4.18 Å². The molecule has 0 aromatic heterocycles. The number of benzene rings is 1. The fourth-order valence-electron chi connectivity index (χ4n) is 0.582. The average Bonchev–Trinajstić information content (AvgIpc) is 2.05. The van der Waals surface area contributed by atoms with Crippen LogP contribution in [0.4, 0.5) is 0 Å². The quantitative estimate of drug-likeness (QED) is 0.462. The number of hydrogen-bond donors (Lipinski definition) is 0. The standard InChI is InChI=1S/C8H7BrIOS/c9-8(10)6-12-11-7-4-2-1-3-5-7/h1-2,4-5,8H,6H2. The van der Waals surface area contributed by atoms with Gasteiger partial charge in [0.15, 0.2) is 0 Å². The summed E-state index contributed by atoms with van der Waals surface area (Å²) in [6, 6.07) is 10.4. The molecule has 1 radical (unpaired) electrons. The molecule has 1 aromatic carbocycles. The first-order chi connectivity index (χ1) is 5.79. The van der Waals surface area contributed by atoms with Crippen molar-refractivity contribution in [2.75, 3.05) is 5.75 Å². The van der Waals surface area contributed by atoms with E-state index in [0.29, 0.717) is 2.83 Å². The van der Waals surface area contributed by atoms with Crippen molar-refractivity contribution in [3.63, 3.8) is 0 Å². The molecule has 1 nitrogen and oxygen atoms in total. The third-order valence-electron chi connectivity index (χ3n) is 1.03. The second-order valence-corrected chi connectivity index (χ2v) is 7.05. The third kappa shape index (κ3) is 4.57. The second-order valence-electron chi connectivity index (χ2n) is 2.00. The van der Waals surface area contributed by atoms with Crippen molar-refractivity contribution in [1.29, 1.82) is 0 Å². The maximum atomic E-state index is 5.37. The summed E-state index contributed by atoms with van der Waals surface area (Å²) >= 11 is 7.16. The zero-order valence-corrected chi connectivity index (χ0v) is 10.7. The van der Waals surface area contributed by atoms with Gasteiger partial charge in [-0.15, -0.1) is 0 Å². The van der Waals surface area contributed by atoms with E-state index in [1.54, 1.807) is 0 Å². The molecule has 4 heteroatoms. The van der Waals surface area contributed by atoms with Crippen molar-refractivity contribution >= 4 is 50.6 Å². The zero-order chi connectivity index (χ0) is 8.81. The molecular weight excluding hydrogens is 351 g/mol. The van der Waals surface area contributed by atoms with Gasteiger partial charge in [-0.1, -0.05) is 50.7 Å². The molecule has 1 unspecified atom stereocenters. The maximum Gasteiger partial charge on any atom is 0.137 e. The topological polar surface area (TPSA) is 9.23 Å². The van der Waals surface area contributed by atoms with Gasteiger partial charge in [-0.05, 0) is 18.2 Å². The molecular formula is C8H7BrIOS. The molecule has 65 valence electrons. The van der Waals surface area contributed by atoms with Crippen molar-refractivity contribution in [2.45, 2.75) is 2.83 Å². The molecule has 0 N–H and O–H groups in total. The van der Waals surface area contributed by atoms with Crippen LogP contribution in [0.5, 0.6) is 5.75 Å². The summed E-state index contributed by atoms with van der Waals surface area (Å²) in [5.74, 6) is 1.78. The van der Waals surface area contributed by atoms with E-state index in [1.165, 1.54) is 12.0 Å². The minimum absolute atomic E-state index is 0.452. The fraction of sp³-hybridized carbons (Fsp3) is 0.250. The van der Waals surface area contributed by atoms with E-state index in [1.807, 2.05) is 24.3 Å². The van der Waals surface area contributed by atoms with Gasteiger partial charge in [-0.25, -0.2) is 0 Å². The third-order valence-corrected chi connectivity index (χ3v) is 3.60. The van der Waals surface area contributed by atoms with E-state index in [0.717, 1.165) is 11.5 Å². The van der Waals surface area contributed by atoms with Crippen molar-refractivity contribution in [3.8, 4) is 5.75 Å². The Labute approximate surface area is 98.7 Å². The Hall–Kier alpha value is 0.580. The summed E-state index contributed by atoms with van der Waals surface area (Å²) in [6.45, 7) is 0. The Bertz CT molecular complexity index is 218. The largest absolute Gasteiger partial charge is 0.426 e. The van der Waals surface area contributed by atoms with Gasteiger partial charge in [0.1, 0.15) is 5.75 Å². The van der Waals surface area contributed by atoms with Gasteiger partial charge >= 0.3 is 0 Å². The second kappa shape index (κ2) is 6.10. The van der Waals surface area contributed by atoms with Gasteiger partial charge in [0, 0.05) is 0 Å². The summed E-state index contributed by atoms with van der Waals surface area (Å²) in [6.07, 6.45) is 0. The Morgan fingerprint density at radius 2 is 2.58 bits per heavy atom. The van der Waals surface area contributed by atoms with Crippen LogP contribution in [-0.2, 0) is 0 Å². The monoisotopic (exact) mass is 357 g/mol. The number of hydrogen-bond acceptors (Lipinski definition) is 2. The smallest absolute Gasteiger partial charge is 0.137 e. The van der Waals surface area contributed by atoms with Gasteiger partial charge in [-0.2, -0.15) is 0 Å². The fourth-order valence-corrected chi connectivity index (χ4v) is 1.76. The Morgan fingerprint density at radius 3 is 3.17 bits per heavy atom. The number of halogens is 2. The molecule has 0 fully saturated rings. The van der Waals surface area contributed by atoms with Crippen molar-refractivity contribution in [2.24, 2.45) is 0 Å². The highest BCUT2D eigenvalue weighted by Crippen LogP contribution is 2.20. The molecule has 0 spiro atoms. The lowest BCUT2D eigenvalue weighted by atomic mass is 10.3. The van der Waals surface area contributed by atoms with E-state index in [4.69, 9.17) is 4.18 Å². The zero-order valence-electron chi connectivity index (χ0n) is 6.17. The van der Waals surface area contributed by atoms with Gasteiger partial charge in [0.25, 0.3) is 0 Å². The van der Waals surface area contributed by atoms with Crippen LogP contribution >= 0.6 is 50.6 Å². The summed E-state index contributed by atoms with van der Waals surface area (Å²) < 4.78 is 5.82. The van der Waals surface area contributed by atoms with E-state index < -0.39 is 0 Å². The molecule has 0 saturated heterocycles. The highest BCUT2D eigenvalue weighted by Gasteiger charge is 1.99. The summed E-state index contributed by atoms with van der Waals surface area (Å²) in [5.41, 5.74) is 0. The molecule has 0 bridgehead atoms. The molecule has 0 heterocycles. The molecule has 1 aromatic rings. The Balaban J connectivity index is 2.25. The first-order valence-corrected chi connectivity index (χ1v) is 6.40. The SMILES string of the molecule is BrC(I)CSOc1c[c]ccc1. The molecule has 0 aliphatic rings. The lowest BCUT2D eigenvalue weighted by molar-refractivity contribution is 0.647. The van der Waals surface area contributed by atoms with Crippen LogP contribution in [0.25, 0.3) is 0 Å². The lowest BCUT2D eigenvalue weighted by Crippen LogP contribution is -1.91. The highest BCUT2D eigenvalue weighted by molar-refractivity contribution is 14.1. The van der Waals surface area contributed by atoms with Crippen molar-refractivity contribution < 1.29 is 4.18 Å². The molecule has 0 aliphatic heterocycles. The van der Waals surface area contributed by atoms with Crippen LogP contribution in [0, 0.1) is 6.07 Å². The minimum atomic E-state index is 0.452. The normalized spacial score (nSPS) is 12.5. The maximum absolute atomic E-state index is 5.37. The van der Waals surface area contributed by atoms with Gasteiger partial charge < -0.3 is 4.18 Å². The molecule has 12 heavy (non-hydrogen) atoms. The molecule has 0 aliphatic carbocycles. The summed E-state index contributed by atoms with van der Waals surface area (Å²) in [7, 11) is 0. The van der Waals surface area contributed by atoms with Crippen LogP contribution in [0.1, 0.15) is 0 Å². The number of rotatable bonds is 4. The van der Waals surface area contributed by atoms with E-state index in [-0.39, 0.29) is 0 Å². The minimum Gasteiger partial charge on any atom is -0.426 e. The molecule has 0 amide bonds. The van der Waals surface area contributed by atoms with Crippen molar-refractivity contribution in [1.82, 2.24) is 0 Å². The molecule has 0 saturated carbocycles. The van der Waals surface area contributed by atoms with Gasteiger partial charge in [0.2, 0.25) is 0 Å². The van der Waals surface area contributed by atoms with Crippen LogP contribution in [-0.4, -0.2) is 8.59 Å². The van der Waals surface area contributed by atoms with Crippen LogP contribution in [0.2, 0.25) is 0 Å². The Kier molecular flexibility index (Phi) is 5.42. The number of alkyl halides is 2. The van der Waals surface area contributed by atoms with Gasteiger partial charge in [0.05, 0.1) is 20.6 Å². The molecule has 1 rings (SSSR count). The lowest BCUT2D eigenvalue weighted by Gasteiger charge is -2.03. The predicted octanol–water partition coefficient (Wildman–Crippen LogP) is 3.67. The first kappa shape index (κ1) is 10.7. The highest BCUT2D eigenvalue weighted by atomic mass is 127. The average molecular weight is 358 g/mol. The van der Waals surface area contributed by atoms with Crippen LogP contribution in [0.3, 0.4) is 0 Å². The van der Waals surface area contributed by atoms with E-state index in [2.05, 4.69) is 44.6 Å². The predicted molar refractivity (Wildman–Crippen MR) is 65.1 cm³/mol. The van der Waals surface area contributed by atoms with E-state index in [9.17, 15) is 0 Å².